The summed E-state index contributed by atoms with van der Waals surface area (Å²) in [4.78, 5) is 40.2. The fraction of sp³-hybridized carbons (Fsp3) is 0.293. The number of piperidine rings is 1. The summed E-state index contributed by atoms with van der Waals surface area (Å²) in [5.74, 6) is -0.184. The quantitative estimate of drug-likeness (QED) is 0.0861. The topological polar surface area (TPSA) is 153 Å². The monoisotopic (exact) mass is 704 g/mol. The van der Waals surface area contributed by atoms with Gasteiger partial charge in [0.15, 0.2) is 0 Å². The Balaban J connectivity index is 1.01. The second kappa shape index (κ2) is 16.2. The molecule has 6 rings (SSSR count). The molecule has 1 aliphatic heterocycles. The van der Waals surface area contributed by atoms with E-state index in [2.05, 4.69) is 35.0 Å². The van der Waals surface area contributed by atoms with Gasteiger partial charge in [0, 0.05) is 55.1 Å². The van der Waals surface area contributed by atoms with Gasteiger partial charge in [0.05, 0.1) is 44.5 Å². The number of amides is 2. The summed E-state index contributed by atoms with van der Waals surface area (Å²) in [7, 11) is 4.38. The van der Waals surface area contributed by atoms with Crippen LogP contribution in [0.4, 0.5) is 16.2 Å². The van der Waals surface area contributed by atoms with Crippen LogP contribution in [-0.2, 0) is 22.5 Å². The zero-order valence-corrected chi connectivity index (χ0v) is 29.5. The van der Waals surface area contributed by atoms with E-state index in [0.717, 1.165) is 52.7 Å². The number of hydrogen-bond donors (Lipinski definition) is 6. The third-order valence-electron chi connectivity index (χ3n) is 9.60. The molecule has 0 unspecified atom stereocenters. The Morgan fingerprint density at radius 1 is 0.904 bits per heavy atom. The molecule has 1 saturated heterocycles. The molecule has 2 amide bonds. The maximum Gasteiger partial charge on any atom is 0.411 e. The van der Waals surface area contributed by atoms with E-state index in [1.807, 2.05) is 72.8 Å². The van der Waals surface area contributed by atoms with Gasteiger partial charge in [-0.15, -0.1) is 0 Å². The van der Waals surface area contributed by atoms with Crippen molar-refractivity contribution in [2.75, 3.05) is 44.4 Å². The van der Waals surface area contributed by atoms with E-state index in [0.29, 0.717) is 40.8 Å². The highest BCUT2D eigenvalue weighted by atomic mass is 16.6. The number of nitrogens with zero attached hydrogens (tertiary/aromatic N) is 1. The van der Waals surface area contributed by atoms with E-state index in [1.54, 1.807) is 12.1 Å². The summed E-state index contributed by atoms with van der Waals surface area (Å²) >= 11 is 0. The number of carbonyl (C=O) groups is 2. The summed E-state index contributed by atoms with van der Waals surface area (Å²) < 4.78 is 6.74. The second-order valence-electron chi connectivity index (χ2n) is 14.0. The lowest BCUT2D eigenvalue weighted by Gasteiger charge is -2.36. The van der Waals surface area contributed by atoms with Crippen LogP contribution in [0.2, 0.25) is 0 Å². The number of aliphatic hydroxyl groups excluding tert-OH is 1. The minimum Gasteiger partial charge on any atom is -0.506 e. The maximum atomic E-state index is 13.0. The normalized spacial score (nSPS) is 14.8. The molecule has 1 aliphatic rings. The molecule has 0 radical (unpaired) electrons. The predicted molar refractivity (Wildman–Crippen MR) is 203 cm³/mol. The summed E-state index contributed by atoms with van der Waals surface area (Å²) in [5.41, 5.74) is 5.60. The van der Waals surface area contributed by atoms with Crippen LogP contribution in [0.15, 0.2) is 102 Å². The van der Waals surface area contributed by atoms with E-state index in [1.165, 1.54) is 12.1 Å². The van der Waals surface area contributed by atoms with Crippen molar-refractivity contribution < 1.29 is 29.0 Å². The maximum absolute atomic E-state index is 13.0. The van der Waals surface area contributed by atoms with Crippen LogP contribution in [-0.4, -0.2) is 71.5 Å². The Morgan fingerprint density at radius 2 is 1.63 bits per heavy atom. The summed E-state index contributed by atoms with van der Waals surface area (Å²) in [6.45, 7) is 2.66. The van der Waals surface area contributed by atoms with Crippen LogP contribution in [0.5, 0.6) is 5.75 Å². The van der Waals surface area contributed by atoms with Gasteiger partial charge in [-0.2, -0.15) is 0 Å². The molecule has 1 atom stereocenters. The van der Waals surface area contributed by atoms with Crippen molar-refractivity contribution in [2.24, 2.45) is 0 Å². The number of H-pyrrole nitrogens is 1. The second-order valence-corrected chi connectivity index (χ2v) is 14.0. The Kier molecular flexibility index (Phi) is 11.3. The molecule has 6 N–H and O–H groups in total. The number of aliphatic hydroxyl groups is 1. The molecule has 1 aromatic heterocycles. The SMILES string of the molecule is C[N+]1(C)CCC(OC(=O)Nc2cc(CCC(=O)Nc3ccc(CNC[C@H](O)c4ccc(O)c5[nH]c(=O)ccc45)cc3)ccc2-c2ccccc2)CC1. The van der Waals surface area contributed by atoms with E-state index in [4.69, 9.17) is 4.74 Å². The summed E-state index contributed by atoms with van der Waals surface area (Å²) in [5, 5.41) is 30.7. The van der Waals surface area contributed by atoms with Gasteiger partial charge < -0.3 is 35.1 Å². The van der Waals surface area contributed by atoms with Crippen LogP contribution in [0.1, 0.15) is 42.1 Å². The molecule has 52 heavy (non-hydrogen) atoms. The molecule has 4 aromatic carbocycles. The highest BCUT2D eigenvalue weighted by Gasteiger charge is 2.28. The van der Waals surface area contributed by atoms with Gasteiger partial charge in [0.1, 0.15) is 11.9 Å². The van der Waals surface area contributed by atoms with Crippen LogP contribution in [0.25, 0.3) is 22.0 Å². The van der Waals surface area contributed by atoms with Crippen molar-refractivity contribution in [1.29, 1.82) is 0 Å². The predicted octanol–water partition coefficient (Wildman–Crippen LogP) is 6.08. The van der Waals surface area contributed by atoms with Crippen molar-refractivity contribution in [3.05, 3.63) is 124 Å². The first-order valence-corrected chi connectivity index (χ1v) is 17.6. The number of aromatic amines is 1. The molecule has 270 valence electrons. The van der Waals surface area contributed by atoms with E-state index < -0.39 is 12.2 Å². The number of benzene rings is 4. The van der Waals surface area contributed by atoms with Gasteiger partial charge in [-0.25, -0.2) is 4.79 Å². The number of rotatable bonds is 12. The lowest BCUT2D eigenvalue weighted by Crippen LogP contribution is -2.48. The van der Waals surface area contributed by atoms with E-state index in [9.17, 15) is 24.6 Å². The molecule has 0 spiro atoms. The number of phenols is 1. The van der Waals surface area contributed by atoms with Gasteiger partial charge in [0.2, 0.25) is 11.5 Å². The van der Waals surface area contributed by atoms with Crippen LogP contribution < -0.4 is 21.5 Å². The average Bonchev–Trinajstić information content (AvgIpc) is 3.13. The average molecular weight is 705 g/mol. The molecule has 2 heterocycles. The Bertz CT molecular complexity index is 2070. The zero-order valence-electron chi connectivity index (χ0n) is 29.5. The Morgan fingerprint density at radius 3 is 2.38 bits per heavy atom. The molecular formula is C41H46N5O6+. The molecule has 1 fully saturated rings. The number of carbonyl (C=O) groups excluding carboxylic acids is 2. The van der Waals surface area contributed by atoms with Crippen molar-refractivity contribution in [3.8, 4) is 16.9 Å². The number of pyridine rings is 1. The van der Waals surface area contributed by atoms with Gasteiger partial charge in [-0.1, -0.05) is 60.7 Å². The number of likely N-dealkylation sites (tertiary alicyclic amines) is 1. The highest BCUT2D eigenvalue weighted by molar-refractivity contribution is 5.93. The van der Waals surface area contributed by atoms with E-state index >= 15 is 0 Å². The van der Waals surface area contributed by atoms with Crippen molar-refractivity contribution in [1.82, 2.24) is 10.3 Å². The largest absolute Gasteiger partial charge is 0.506 e. The molecule has 5 aromatic rings. The Hall–Kier alpha value is -5.49. The summed E-state index contributed by atoms with van der Waals surface area (Å²) in [6.07, 6.45) is 0.957. The van der Waals surface area contributed by atoms with Gasteiger partial charge in [-0.05, 0) is 59.0 Å². The fourth-order valence-electron chi connectivity index (χ4n) is 6.57. The number of quaternary nitrogens is 1. The number of anilines is 2. The molecule has 0 saturated carbocycles. The number of nitrogens with one attached hydrogen (secondary N) is 4. The number of fused-ring (bicyclic) bond motifs is 1. The minimum atomic E-state index is -0.864. The van der Waals surface area contributed by atoms with Gasteiger partial charge >= 0.3 is 6.09 Å². The first-order chi connectivity index (χ1) is 25.0. The summed E-state index contributed by atoms with van der Waals surface area (Å²) in [6, 6.07) is 29.3. The Labute approximate surface area is 302 Å². The molecule has 11 heteroatoms. The first-order valence-electron chi connectivity index (χ1n) is 17.6. The molecular weight excluding hydrogens is 658 g/mol. The molecule has 0 bridgehead atoms. The van der Waals surface area contributed by atoms with Gasteiger partial charge in [-0.3, -0.25) is 14.9 Å². The zero-order chi connectivity index (χ0) is 36.7. The van der Waals surface area contributed by atoms with Crippen LogP contribution in [0.3, 0.4) is 0 Å². The minimum absolute atomic E-state index is 0.0554. The van der Waals surface area contributed by atoms with Crippen molar-refractivity contribution in [3.63, 3.8) is 0 Å². The number of aromatic hydroxyl groups is 1. The first kappa shape index (κ1) is 36.3. The van der Waals surface area contributed by atoms with Crippen LogP contribution >= 0.6 is 0 Å². The smallest absolute Gasteiger partial charge is 0.411 e. The third kappa shape index (κ3) is 9.43. The molecule has 11 nitrogen and oxygen atoms in total. The standard InChI is InChI=1S/C41H45N5O6/c1-46(2)22-20-31(21-23-46)52-41(51)44-35-24-27(10-14-32(35)29-6-4-3-5-7-29)11-18-38(49)43-30-12-8-28(9-13-30)25-42-26-37(48)33-15-17-36(47)40-34(33)16-19-39(50)45-40/h3-10,12-17,19,24,31,37,42,48H,11,18,20-23,25-26H2,1-2H3,(H3-,43,44,45,47,49,50,51)/p+1/t37-/m0/s1. The van der Waals surface area contributed by atoms with Gasteiger partial charge in [0.25, 0.3) is 0 Å². The number of phenolic OH excluding ortho intramolecular Hbond substituents is 1. The van der Waals surface area contributed by atoms with Crippen molar-refractivity contribution in [2.45, 2.75) is 44.4 Å². The number of aryl methyl sites for hydroxylation is 1. The molecule has 0 aliphatic carbocycles. The van der Waals surface area contributed by atoms with Crippen LogP contribution in [0, 0.1) is 0 Å². The number of aromatic nitrogens is 1. The highest BCUT2D eigenvalue weighted by Crippen LogP contribution is 2.31. The third-order valence-corrected chi connectivity index (χ3v) is 9.60. The van der Waals surface area contributed by atoms with Crippen molar-refractivity contribution >= 4 is 34.3 Å². The number of hydrogen-bond acceptors (Lipinski definition) is 7. The lowest BCUT2D eigenvalue weighted by molar-refractivity contribution is -0.896. The van der Waals surface area contributed by atoms with E-state index in [-0.39, 0.29) is 36.3 Å². The fourth-order valence-corrected chi connectivity index (χ4v) is 6.57. The lowest BCUT2D eigenvalue weighted by atomic mass is 9.99. The number of ether oxygens (including phenoxy) is 1.